The van der Waals surface area contributed by atoms with E-state index in [0.29, 0.717) is 16.7 Å². The zero-order valence-corrected chi connectivity index (χ0v) is 12.6. The van der Waals surface area contributed by atoms with Crippen molar-refractivity contribution in [1.82, 2.24) is 4.90 Å². The van der Waals surface area contributed by atoms with E-state index in [-0.39, 0.29) is 18.1 Å². The van der Waals surface area contributed by atoms with Gasteiger partial charge in [-0.2, -0.15) is 0 Å². The maximum Gasteiger partial charge on any atom is 0.335 e. The number of amides is 2. The first-order chi connectivity index (χ1) is 9.47. The van der Waals surface area contributed by atoms with Gasteiger partial charge in [0, 0.05) is 16.7 Å². The summed E-state index contributed by atoms with van der Waals surface area (Å²) in [4.78, 5) is 24.5. The van der Waals surface area contributed by atoms with E-state index in [1.807, 2.05) is 6.92 Å². The zero-order valence-electron chi connectivity index (χ0n) is 11.0. The summed E-state index contributed by atoms with van der Waals surface area (Å²) in [5.41, 5.74) is 0.494. The monoisotopic (exact) mass is 338 g/mol. The summed E-state index contributed by atoms with van der Waals surface area (Å²) < 4.78 is 0.576. The minimum absolute atomic E-state index is 0.0914. The smallest absolute Gasteiger partial charge is 0.335 e. The van der Waals surface area contributed by atoms with E-state index in [4.69, 9.17) is 11.5 Å². The van der Waals surface area contributed by atoms with Crippen LogP contribution in [0.5, 0.6) is 0 Å². The van der Waals surface area contributed by atoms with Crippen LogP contribution in [0.15, 0.2) is 22.7 Å². The number of carbonyl (C=O) groups is 2. The Balaban J connectivity index is 2.89. The lowest BCUT2D eigenvalue weighted by atomic mass is 10.2. The summed E-state index contributed by atoms with van der Waals surface area (Å²) in [6.45, 7) is 2.69. The lowest BCUT2D eigenvalue weighted by Gasteiger charge is -2.20. The van der Waals surface area contributed by atoms with Crippen LogP contribution in [0.25, 0.3) is 0 Å². The number of terminal acetylenes is 1. The predicted octanol–water partition coefficient (Wildman–Crippen LogP) is 3.02. The quantitative estimate of drug-likeness (QED) is 0.810. The van der Waals surface area contributed by atoms with E-state index >= 15 is 0 Å². The number of carboxylic acid groups (broad SMARTS) is 1. The Hall–Kier alpha value is -2.00. The summed E-state index contributed by atoms with van der Waals surface area (Å²) in [6, 6.07) is 4.14. The Labute approximate surface area is 126 Å². The molecular formula is C14H15BrN2O3. The third-order valence-corrected chi connectivity index (χ3v) is 2.92. The molecule has 20 heavy (non-hydrogen) atoms. The third-order valence-electron chi connectivity index (χ3n) is 2.46. The molecule has 0 bridgehead atoms. The normalized spacial score (nSPS) is 9.65. The van der Waals surface area contributed by atoms with Crippen molar-refractivity contribution in [3.63, 3.8) is 0 Å². The van der Waals surface area contributed by atoms with Crippen LogP contribution in [-0.2, 0) is 0 Å². The number of rotatable bonds is 5. The first kappa shape index (κ1) is 16.1. The van der Waals surface area contributed by atoms with Gasteiger partial charge in [0.2, 0.25) is 0 Å². The Morgan fingerprint density at radius 2 is 2.15 bits per heavy atom. The van der Waals surface area contributed by atoms with Gasteiger partial charge in [0.15, 0.2) is 0 Å². The third kappa shape index (κ3) is 4.59. The average molecular weight is 339 g/mol. The van der Waals surface area contributed by atoms with Crippen LogP contribution in [0, 0.1) is 12.3 Å². The standard InChI is InChI=1S/C14H15BrN2O3/c1-3-5-17(6-4-2)14(20)16-12-8-10(13(18)19)7-11(15)9-12/h1,7-9H,4-6H2,2H3,(H,16,20)(H,18,19). The van der Waals surface area contributed by atoms with Crippen LogP contribution in [0.4, 0.5) is 10.5 Å². The zero-order chi connectivity index (χ0) is 15.1. The highest BCUT2D eigenvalue weighted by Gasteiger charge is 2.13. The van der Waals surface area contributed by atoms with Gasteiger partial charge in [-0.3, -0.25) is 0 Å². The van der Waals surface area contributed by atoms with Crippen molar-refractivity contribution in [1.29, 1.82) is 0 Å². The van der Waals surface area contributed by atoms with Crippen molar-refractivity contribution in [2.75, 3.05) is 18.4 Å². The Morgan fingerprint density at radius 3 is 2.70 bits per heavy atom. The highest BCUT2D eigenvalue weighted by Crippen LogP contribution is 2.20. The Bertz CT molecular complexity index is 552. The Morgan fingerprint density at radius 1 is 1.45 bits per heavy atom. The first-order valence-electron chi connectivity index (χ1n) is 6.01. The highest BCUT2D eigenvalue weighted by atomic mass is 79.9. The molecule has 2 N–H and O–H groups in total. The molecule has 1 aromatic rings. The molecule has 0 atom stereocenters. The molecule has 0 saturated carbocycles. The number of benzene rings is 1. The van der Waals surface area contributed by atoms with Gasteiger partial charge >= 0.3 is 12.0 Å². The van der Waals surface area contributed by atoms with E-state index in [1.165, 1.54) is 17.0 Å². The molecule has 0 fully saturated rings. The molecule has 1 aromatic carbocycles. The molecule has 0 heterocycles. The number of carbonyl (C=O) groups excluding carboxylic acids is 1. The second-order valence-electron chi connectivity index (χ2n) is 4.09. The number of halogens is 1. The second-order valence-corrected chi connectivity index (χ2v) is 5.01. The summed E-state index contributed by atoms with van der Waals surface area (Å²) >= 11 is 3.21. The molecule has 0 aliphatic carbocycles. The van der Waals surface area contributed by atoms with Crippen molar-refractivity contribution < 1.29 is 14.7 Å². The minimum Gasteiger partial charge on any atom is -0.478 e. The predicted molar refractivity (Wildman–Crippen MR) is 80.8 cm³/mol. The maximum absolute atomic E-state index is 12.0. The van der Waals surface area contributed by atoms with Gasteiger partial charge < -0.3 is 15.3 Å². The molecule has 5 nitrogen and oxygen atoms in total. The van der Waals surface area contributed by atoms with Crippen LogP contribution in [0.1, 0.15) is 23.7 Å². The SMILES string of the molecule is C#CCN(CCC)C(=O)Nc1cc(Br)cc(C(=O)O)c1. The summed E-state index contributed by atoms with van der Waals surface area (Å²) in [5.74, 6) is 1.36. The number of hydrogen-bond donors (Lipinski definition) is 2. The number of carboxylic acids is 1. The van der Waals surface area contributed by atoms with Gasteiger partial charge in [0.25, 0.3) is 0 Å². The van der Waals surface area contributed by atoms with Crippen LogP contribution in [0.2, 0.25) is 0 Å². The molecule has 0 saturated heterocycles. The molecule has 1 rings (SSSR count). The first-order valence-corrected chi connectivity index (χ1v) is 6.80. The van der Waals surface area contributed by atoms with Crippen molar-refractivity contribution in [2.45, 2.75) is 13.3 Å². The number of nitrogens with zero attached hydrogens (tertiary/aromatic N) is 1. The average Bonchev–Trinajstić information content (AvgIpc) is 2.37. The summed E-state index contributed by atoms with van der Waals surface area (Å²) in [7, 11) is 0. The second kappa shape index (κ2) is 7.56. The molecule has 0 unspecified atom stereocenters. The van der Waals surface area contributed by atoms with Gasteiger partial charge in [0.05, 0.1) is 12.1 Å². The lowest BCUT2D eigenvalue weighted by Crippen LogP contribution is -2.35. The fourth-order valence-corrected chi connectivity index (χ4v) is 2.11. The molecule has 2 amide bonds. The van der Waals surface area contributed by atoms with E-state index in [0.717, 1.165) is 6.42 Å². The highest BCUT2D eigenvalue weighted by molar-refractivity contribution is 9.10. The summed E-state index contributed by atoms with van der Waals surface area (Å²) in [5, 5.41) is 11.6. The van der Waals surface area contributed by atoms with Gasteiger partial charge in [0.1, 0.15) is 0 Å². The van der Waals surface area contributed by atoms with Crippen LogP contribution in [0.3, 0.4) is 0 Å². The van der Waals surface area contributed by atoms with Crippen LogP contribution < -0.4 is 5.32 Å². The minimum atomic E-state index is -1.06. The molecule has 0 radical (unpaired) electrons. The van der Waals surface area contributed by atoms with Crippen LogP contribution in [-0.4, -0.2) is 35.1 Å². The number of nitrogens with one attached hydrogen (secondary N) is 1. The lowest BCUT2D eigenvalue weighted by molar-refractivity contribution is 0.0697. The molecule has 0 aliphatic rings. The summed E-state index contributed by atoms with van der Waals surface area (Å²) in [6.07, 6.45) is 6.01. The largest absolute Gasteiger partial charge is 0.478 e. The van der Waals surface area contributed by atoms with E-state index in [1.54, 1.807) is 6.07 Å². The number of aromatic carboxylic acids is 1. The molecule has 6 heteroatoms. The number of anilines is 1. The van der Waals surface area contributed by atoms with Gasteiger partial charge in [-0.1, -0.05) is 28.8 Å². The van der Waals surface area contributed by atoms with E-state index in [2.05, 4.69) is 27.2 Å². The topological polar surface area (TPSA) is 69.6 Å². The fourth-order valence-electron chi connectivity index (χ4n) is 1.62. The molecule has 0 aliphatic heterocycles. The van der Waals surface area contributed by atoms with Gasteiger partial charge in [-0.05, 0) is 24.6 Å². The Kier molecular flexibility index (Phi) is 6.07. The fraction of sp³-hybridized carbons (Fsp3) is 0.286. The molecular weight excluding hydrogens is 324 g/mol. The van der Waals surface area contributed by atoms with Crippen LogP contribution >= 0.6 is 15.9 Å². The number of hydrogen-bond acceptors (Lipinski definition) is 2. The van der Waals surface area contributed by atoms with Crippen molar-refractivity contribution >= 4 is 33.6 Å². The van der Waals surface area contributed by atoms with E-state index in [9.17, 15) is 9.59 Å². The van der Waals surface area contributed by atoms with Gasteiger partial charge in [-0.25, -0.2) is 9.59 Å². The maximum atomic E-state index is 12.0. The van der Waals surface area contributed by atoms with E-state index < -0.39 is 5.97 Å². The van der Waals surface area contributed by atoms with Crippen molar-refractivity contribution in [2.24, 2.45) is 0 Å². The number of urea groups is 1. The van der Waals surface area contributed by atoms with Gasteiger partial charge in [-0.15, -0.1) is 6.42 Å². The van der Waals surface area contributed by atoms with Crippen molar-refractivity contribution in [3.8, 4) is 12.3 Å². The molecule has 106 valence electrons. The molecule has 0 aromatic heterocycles. The molecule has 0 spiro atoms. The van der Waals surface area contributed by atoms with Crippen molar-refractivity contribution in [3.05, 3.63) is 28.2 Å².